The number of rotatable bonds is 3. The van der Waals surface area contributed by atoms with Crippen LogP contribution >= 0.6 is 0 Å². The standard InChI is InChI=1S/C9H9O2/c10-7-6-9(11)8-4-2-1-3-5-8/h1-5H,6-7H2. The van der Waals surface area contributed by atoms with Crippen LogP contribution in [0, 0.1) is 0 Å². The van der Waals surface area contributed by atoms with Crippen LogP contribution in [0.15, 0.2) is 30.3 Å². The third-order valence-electron chi connectivity index (χ3n) is 1.42. The Bertz CT molecular complexity index is 229. The van der Waals surface area contributed by atoms with Crippen LogP contribution in [0.5, 0.6) is 0 Å². The first-order chi connectivity index (χ1) is 5.34. The largest absolute Gasteiger partial charge is 0.294 e. The van der Waals surface area contributed by atoms with Crippen LogP contribution in [0.25, 0.3) is 0 Å². The molecule has 11 heavy (non-hydrogen) atoms. The Labute approximate surface area is 65.5 Å². The Morgan fingerprint density at radius 2 is 1.82 bits per heavy atom. The third-order valence-corrected chi connectivity index (χ3v) is 1.42. The highest BCUT2D eigenvalue weighted by atomic mass is 16.3. The van der Waals surface area contributed by atoms with Crippen LogP contribution in [0.3, 0.4) is 0 Å². The van der Waals surface area contributed by atoms with E-state index in [-0.39, 0.29) is 18.8 Å². The SMILES string of the molecule is [O]CCC(=O)c1ccccc1. The van der Waals surface area contributed by atoms with Crippen molar-refractivity contribution in [2.24, 2.45) is 0 Å². The molecule has 1 aromatic carbocycles. The normalized spacial score (nSPS) is 9.55. The smallest absolute Gasteiger partial charge is 0.165 e. The molecule has 57 valence electrons. The molecule has 0 bridgehead atoms. The highest BCUT2D eigenvalue weighted by molar-refractivity contribution is 5.95. The Kier molecular flexibility index (Phi) is 2.81. The average Bonchev–Trinajstić information content (AvgIpc) is 2.07. The van der Waals surface area contributed by atoms with Gasteiger partial charge in [0.15, 0.2) is 5.78 Å². The van der Waals surface area contributed by atoms with Gasteiger partial charge >= 0.3 is 0 Å². The van der Waals surface area contributed by atoms with Crippen molar-refractivity contribution in [1.29, 1.82) is 0 Å². The minimum Gasteiger partial charge on any atom is -0.294 e. The number of benzene rings is 1. The molecule has 0 heterocycles. The van der Waals surface area contributed by atoms with Gasteiger partial charge in [0.2, 0.25) is 0 Å². The molecule has 1 rings (SSSR count). The van der Waals surface area contributed by atoms with E-state index in [1.165, 1.54) is 0 Å². The molecule has 0 aromatic heterocycles. The second-order valence-electron chi connectivity index (χ2n) is 2.24. The molecule has 0 saturated heterocycles. The van der Waals surface area contributed by atoms with E-state index in [0.29, 0.717) is 5.56 Å². The maximum Gasteiger partial charge on any atom is 0.165 e. The summed E-state index contributed by atoms with van der Waals surface area (Å²) in [5, 5.41) is 10.1. The van der Waals surface area contributed by atoms with Crippen molar-refractivity contribution < 1.29 is 9.90 Å². The van der Waals surface area contributed by atoms with Gasteiger partial charge in [0.1, 0.15) is 0 Å². The van der Waals surface area contributed by atoms with Crippen molar-refractivity contribution in [2.75, 3.05) is 6.61 Å². The monoisotopic (exact) mass is 149 g/mol. The van der Waals surface area contributed by atoms with Crippen LogP contribution in [-0.2, 0) is 5.11 Å². The first kappa shape index (κ1) is 7.95. The maximum atomic E-state index is 11.0. The summed E-state index contributed by atoms with van der Waals surface area (Å²) in [4.78, 5) is 11.0. The van der Waals surface area contributed by atoms with E-state index >= 15 is 0 Å². The van der Waals surface area contributed by atoms with E-state index in [1.54, 1.807) is 24.3 Å². The molecule has 0 aliphatic carbocycles. The minimum atomic E-state index is -0.326. The van der Waals surface area contributed by atoms with E-state index in [0.717, 1.165) is 0 Å². The molecule has 1 radical (unpaired) electrons. The van der Waals surface area contributed by atoms with Crippen LogP contribution in [0.1, 0.15) is 16.8 Å². The maximum absolute atomic E-state index is 11.0. The van der Waals surface area contributed by atoms with E-state index in [2.05, 4.69) is 0 Å². The fourth-order valence-electron chi connectivity index (χ4n) is 0.861. The number of carbonyl (C=O) groups is 1. The van der Waals surface area contributed by atoms with Crippen molar-refractivity contribution >= 4 is 5.78 Å². The lowest BCUT2D eigenvalue weighted by Crippen LogP contribution is -1.99. The first-order valence-corrected chi connectivity index (χ1v) is 3.51. The van der Waals surface area contributed by atoms with Gasteiger partial charge < -0.3 is 0 Å². The molecule has 0 fully saturated rings. The average molecular weight is 149 g/mol. The lowest BCUT2D eigenvalue weighted by molar-refractivity contribution is 0.0925. The zero-order chi connectivity index (χ0) is 8.10. The molecule has 2 nitrogen and oxygen atoms in total. The van der Waals surface area contributed by atoms with Gasteiger partial charge in [0.25, 0.3) is 0 Å². The number of carbonyl (C=O) groups excluding carboxylic acids is 1. The van der Waals surface area contributed by atoms with Crippen molar-refractivity contribution in [3.8, 4) is 0 Å². The Morgan fingerprint density at radius 1 is 1.18 bits per heavy atom. The topological polar surface area (TPSA) is 37.0 Å². The van der Waals surface area contributed by atoms with Gasteiger partial charge in [-0.3, -0.25) is 4.79 Å². The molecule has 0 aliphatic heterocycles. The quantitative estimate of drug-likeness (QED) is 0.602. The number of hydrogen-bond donors (Lipinski definition) is 0. The predicted molar refractivity (Wildman–Crippen MR) is 40.9 cm³/mol. The summed E-state index contributed by atoms with van der Waals surface area (Å²) in [5.74, 6) is -0.0689. The second-order valence-corrected chi connectivity index (χ2v) is 2.24. The molecular weight excluding hydrogens is 140 g/mol. The van der Waals surface area contributed by atoms with E-state index in [9.17, 15) is 9.90 Å². The van der Waals surface area contributed by atoms with Gasteiger partial charge in [-0.1, -0.05) is 30.3 Å². The molecule has 0 aliphatic rings. The highest BCUT2D eigenvalue weighted by Crippen LogP contribution is 2.01. The minimum absolute atomic E-state index is 0.0689. The zero-order valence-corrected chi connectivity index (χ0v) is 6.12. The molecule has 0 amide bonds. The molecule has 1 aromatic rings. The Morgan fingerprint density at radius 3 is 2.36 bits per heavy atom. The summed E-state index contributed by atoms with van der Waals surface area (Å²) in [6.07, 6.45) is 0.101. The van der Waals surface area contributed by atoms with Crippen molar-refractivity contribution in [3.05, 3.63) is 35.9 Å². The van der Waals surface area contributed by atoms with E-state index in [1.807, 2.05) is 6.07 Å². The number of ketones is 1. The molecule has 0 saturated carbocycles. The van der Waals surface area contributed by atoms with Gasteiger partial charge in [-0.2, -0.15) is 0 Å². The van der Waals surface area contributed by atoms with Gasteiger partial charge in [0, 0.05) is 12.0 Å². The lowest BCUT2D eigenvalue weighted by Gasteiger charge is -1.95. The Balaban J connectivity index is 2.69. The molecule has 0 spiro atoms. The van der Waals surface area contributed by atoms with Crippen molar-refractivity contribution in [1.82, 2.24) is 0 Å². The highest BCUT2D eigenvalue weighted by Gasteiger charge is 2.02. The van der Waals surface area contributed by atoms with E-state index < -0.39 is 0 Å². The van der Waals surface area contributed by atoms with Crippen LogP contribution in [-0.4, -0.2) is 12.4 Å². The molecular formula is C9H9O2. The summed E-state index contributed by atoms with van der Waals surface area (Å²) in [5.41, 5.74) is 0.628. The Hall–Kier alpha value is -1.15. The predicted octanol–water partition coefficient (Wildman–Crippen LogP) is 1.69. The van der Waals surface area contributed by atoms with Crippen LogP contribution < -0.4 is 0 Å². The molecule has 2 heteroatoms. The summed E-state index contributed by atoms with van der Waals surface area (Å²) in [6.45, 7) is -0.326. The molecule has 0 atom stereocenters. The summed E-state index contributed by atoms with van der Waals surface area (Å²) in [7, 11) is 0. The molecule has 0 unspecified atom stereocenters. The fourth-order valence-corrected chi connectivity index (χ4v) is 0.861. The lowest BCUT2D eigenvalue weighted by atomic mass is 10.1. The summed E-state index contributed by atoms with van der Waals surface area (Å²) < 4.78 is 0. The van der Waals surface area contributed by atoms with Gasteiger partial charge in [-0.15, -0.1) is 0 Å². The molecule has 0 N–H and O–H groups in total. The third kappa shape index (κ3) is 2.16. The van der Waals surface area contributed by atoms with E-state index in [4.69, 9.17) is 0 Å². The summed E-state index contributed by atoms with van der Waals surface area (Å²) >= 11 is 0. The summed E-state index contributed by atoms with van der Waals surface area (Å²) in [6, 6.07) is 8.86. The number of Topliss-reactive ketones (excluding diaryl/α,β-unsaturated/α-hetero) is 1. The van der Waals surface area contributed by atoms with Crippen molar-refractivity contribution in [3.63, 3.8) is 0 Å². The number of hydrogen-bond acceptors (Lipinski definition) is 1. The fraction of sp³-hybridized carbons (Fsp3) is 0.222. The van der Waals surface area contributed by atoms with Crippen molar-refractivity contribution in [2.45, 2.75) is 6.42 Å². The zero-order valence-electron chi connectivity index (χ0n) is 6.12. The van der Waals surface area contributed by atoms with Gasteiger partial charge in [-0.25, -0.2) is 5.11 Å². The second kappa shape index (κ2) is 3.88. The van der Waals surface area contributed by atoms with Gasteiger partial charge in [-0.05, 0) is 0 Å². The first-order valence-electron chi connectivity index (χ1n) is 3.51. The van der Waals surface area contributed by atoms with Crippen LogP contribution in [0.2, 0.25) is 0 Å². The van der Waals surface area contributed by atoms with Crippen LogP contribution in [0.4, 0.5) is 0 Å². The van der Waals surface area contributed by atoms with Gasteiger partial charge in [0.05, 0.1) is 6.61 Å².